The molecule has 0 radical (unpaired) electrons. The summed E-state index contributed by atoms with van der Waals surface area (Å²) >= 11 is 5.96. The number of amides is 1. The number of hydrogen-bond donors (Lipinski definition) is 3. The van der Waals surface area contributed by atoms with Crippen LogP contribution in [0.4, 0.5) is 5.69 Å². The Bertz CT molecular complexity index is 777. The van der Waals surface area contributed by atoms with Crippen LogP contribution in [0.5, 0.6) is 0 Å². The maximum atomic E-state index is 12.2. The molecule has 3 rings (SSSR count). The minimum atomic E-state index is -0.248. The van der Waals surface area contributed by atoms with Gasteiger partial charge in [0.2, 0.25) is 0 Å². The number of aryl methyl sites for hydroxylation is 1. The lowest BCUT2D eigenvalue weighted by atomic mass is 10.2. The molecule has 0 unspecified atom stereocenters. The fourth-order valence-corrected chi connectivity index (χ4v) is 2.10. The average Bonchev–Trinajstić information content (AvgIpc) is 3.12. The molecule has 1 aromatic carbocycles. The molecular weight excluding hydrogens is 288 g/mol. The molecule has 2 heterocycles. The minimum Gasteiger partial charge on any atom is -0.360 e. The van der Waals surface area contributed by atoms with Gasteiger partial charge in [-0.1, -0.05) is 11.6 Å². The molecular formula is C15H13ClN4O. The summed E-state index contributed by atoms with van der Waals surface area (Å²) in [6.45, 7) is 1.89. The van der Waals surface area contributed by atoms with Crippen LogP contribution in [0.2, 0.25) is 5.02 Å². The van der Waals surface area contributed by atoms with Crippen molar-refractivity contribution in [3.05, 3.63) is 58.9 Å². The van der Waals surface area contributed by atoms with Crippen molar-refractivity contribution in [3.63, 3.8) is 0 Å². The maximum absolute atomic E-state index is 12.2. The number of carbonyl (C=O) groups is 1. The van der Waals surface area contributed by atoms with Crippen molar-refractivity contribution in [2.75, 3.05) is 5.32 Å². The number of nitrogens with one attached hydrogen (secondary N) is 3. The van der Waals surface area contributed by atoms with E-state index in [0.29, 0.717) is 22.1 Å². The number of halogens is 1. The molecule has 0 saturated carbocycles. The summed E-state index contributed by atoms with van der Waals surface area (Å²) in [5.74, 6) is -0.248. The highest BCUT2D eigenvalue weighted by atomic mass is 35.5. The first-order valence-corrected chi connectivity index (χ1v) is 6.78. The summed E-state index contributed by atoms with van der Waals surface area (Å²) in [4.78, 5) is 15.2. The molecule has 6 heteroatoms. The van der Waals surface area contributed by atoms with Crippen LogP contribution >= 0.6 is 11.6 Å². The van der Waals surface area contributed by atoms with Crippen molar-refractivity contribution in [1.82, 2.24) is 15.2 Å². The van der Waals surface area contributed by atoms with Gasteiger partial charge in [-0.2, -0.15) is 5.10 Å². The molecule has 0 aliphatic carbocycles. The van der Waals surface area contributed by atoms with E-state index >= 15 is 0 Å². The van der Waals surface area contributed by atoms with Crippen molar-refractivity contribution in [1.29, 1.82) is 0 Å². The van der Waals surface area contributed by atoms with Gasteiger partial charge in [0, 0.05) is 16.9 Å². The zero-order valence-corrected chi connectivity index (χ0v) is 12.0. The fourth-order valence-electron chi connectivity index (χ4n) is 1.99. The van der Waals surface area contributed by atoms with Gasteiger partial charge in [0.25, 0.3) is 5.91 Å². The third-order valence-corrected chi connectivity index (χ3v) is 3.54. The van der Waals surface area contributed by atoms with Crippen molar-refractivity contribution in [2.45, 2.75) is 6.92 Å². The number of aromatic nitrogens is 3. The first-order valence-electron chi connectivity index (χ1n) is 6.40. The summed E-state index contributed by atoms with van der Waals surface area (Å²) < 4.78 is 0. The Morgan fingerprint density at radius 1 is 1.29 bits per heavy atom. The van der Waals surface area contributed by atoms with Gasteiger partial charge in [-0.25, -0.2) is 0 Å². The molecule has 0 bridgehead atoms. The van der Waals surface area contributed by atoms with Gasteiger partial charge in [-0.3, -0.25) is 9.89 Å². The van der Waals surface area contributed by atoms with Gasteiger partial charge in [-0.15, -0.1) is 0 Å². The van der Waals surface area contributed by atoms with Crippen LogP contribution in [0.15, 0.2) is 42.6 Å². The Labute approximate surface area is 126 Å². The number of rotatable bonds is 3. The van der Waals surface area contributed by atoms with E-state index in [1.807, 2.05) is 25.1 Å². The van der Waals surface area contributed by atoms with E-state index in [9.17, 15) is 4.79 Å². The van der Waals surface area contributed by atoms with Crippen LogP contribution in [0.25, 0.3) is 11.4 Å². The molecule has 5 nitrogen and oxygen atoms in total. The second-order valence-electron chi connectivity index (χ2n) is 4.67. The number of anilines is 1. The summed E-state index contributed by atoms with van der Waals surface area (Å²) in [7, 11) is 0. The zero-order chi connectivity index (χ0) is 14.8. The molecule has 0 fully saturated rings. The highest BCUT2D eigenvalue weighted by Gasteiger charge is 2.12. The molecule has 0 atom stereocenters. The van der Waals surface area contributed by atoms with Crippen LogP contribution in [-0.2, 0) is 0 Å². The van der Waals surface area contributed by atoms with Crippen LogP contribution in [-0.4, -0.2) is 21.1 Å². The lowest BCUT2D eigenvalue weighted by Crippen LogP contribution is -2.12. The van der Waals surface area contributed by atoms with Crippen LogP contribution in [0, 0.1) is 6.92 Å². The van der Waals surface area contributed by atoms with E-state index in [0.717, 1.165) is 11.3 Å². The third-order valence-electron chi connectivity index (χ3n) is 3.11. The van der Waals surface area contributed by atoms with E-state index in [4.69, 9.17) is 11.6 Å². The van der Waals surface area contributed by atoms with Gasteiger partial charge >= 0.3 is 0 Å². The molecule has 0 saturated heterocycles. The van der Waals surface area contributed by atoms with Gasteiger partial charge < -0.3 is 10.3 Å². The summed E-state index contributed by atoms with van der Waals surface area (Å²) in [6.07, 6.45) is 1.81. The van der Waals surface area contributed by atoms with Crippen molar-refractivity contribution in [2.24, 2.45) is 0 Å². The molecule has 1 amide bonds. The van der Waals surface area contributed by atoms with E-state index < -0.39 is 0 Å². The van der Waals surface area contributed by atoms with E-state index in [1.54, 1.807) is 24.4 Å². The number of aromatic amines is 2. The van der Waals surface area contributed by atoms with Crippen molar-refractivity contribution >= 4 is 23.2 Å². The third kappa shape index (κ3) is 2.83. The summed E-state index contributed by atoms with van der Waals surface area (Å²) in [6, 6.07) is 10.8. The predicted molar refractivity (Wildman–Crippen MR) is 82.5 cm³/mol. The number of benzene rings is 1. The van der Waals surface area contributed by atoms with Gasteiger partial charge in [0.1, 0.15) is 11.4 Å². The molecule has 0 aliphatic rings. The van der Waals surface area contributed by atoms with E-state index in [-0.39, 0.29) is 5.91 Å². The zero-order valence-electron chi connectivity index (χ0n) is 11.3. The molecule has 0 aliphatic heterocycles. The van der Waals surface area contributed by atoms with Crippen molar-refractivity contribution in [3.8, 4) is 11.4 Å². The standard InChI is InChI=1S/C15H13ClN4O/c1-9-7-10(4-5-11(9)16)18-15(21)14-8-13(19-20-14)12-3-2-6-17-12/h2-8,17H,1H3,(H,18,21)(H,19,20). The first-order chi connectivity index (χ1) is 10.1. The number of carbonyl (C=O) groups excluding carboxylic acids is 1. The Morgan fingerprint density at radius 2 is 2.14 bits per heavy atom. The van der Waals surface area contributed by atoms with Crippen LogP contribution in [0.1, 0.15) is 16.1 Å². The highest BCUT2D eigenvalue weighted by Crippen LogP contribution is 2.20. The van der Waals surface area contributed by atoms with Crippen molar-refractivity contribution < 1.29 is 4.79 Å². The Kier molecular flexibility index (Phi) is 3.50. The minimum absolute atomic E-state index is 0.248. The van der Waals surface area contributed by atoms with Gasteiger partial charge in [0.05, 0.1) is 5.69 Å². The Hall–Kier alpha value is -2.53. The second-order valence-corrected chi connectivity index (χ2v) is 5.08. The largest absolute Gasteiger partial charge is 0.360 e. The lowest BCUT2D eigenvalue weighted by Gasteiger charge is -2.05. The average molecular weight is 301 g/mol. The summed E-state index contributed by atoms with van der Waals surface area (Å²) in [5, 5.41) is 10.3. The maximum Gasteiger partial charge on any atom is 0.273 e. The fraction of sp³-hybridized carbons (Fsp3) is 0.0667. The molecule has 0 spiro atoms. The Morgan fingerprint density at radius 3 is 2.86 bits per heavy atom. The highest BCUT2D eigenvalue weighted by molar-refractivity contribution is 6.31. The Balaban J connectivity index is 1.78. The number of H-pyrrole nitrogens is 2. The lowest BCUT2D eigenvalue weighted by molar-refractivity contribution is 0.102. The number of nitrogens with zero attached hydrogens (tertiary/aromatic N) is 1. The van der Waals surface area contributed by atoms with E-state index in [1.165, 1.54) is 0 Å². The van der Waals surface area contributed by atoms with Gasteiger partial charge in [-0.05, 0) is 48.9 Å². The van der Waals surface area contributed by atoms with Crippen LogP contribution in [0.3, 0.4) is 0 Å². The van der Waals surface area contributed by atoms with Crippen LogP contribution < -0.4 is 5.32 Å². The van der Waals surface area contributed by atoms with E-state index in [2.05, 4.69) is 20.5 Å². The molecule has 106 valence electrons. The first kappa shape index (κ1) is 13.5. The topological polar surface area (TPSA) is 73.6 Å². The monoisotopic (exact) mass is 300 g/mol. The normalized spacial score (nSPS) is 10.6. The molecule has 21 heavy (non-hydrogen) atoms. The summed E-state index contributed by atoms with van der Waals surface area (Å²) in [5.41, 5.74) is 3.54. The molecule has 3 N–H and O–H groups in total. The number of hydrogen-bond acceptors (Lipinski definition) is 2. The SMILES string of the molecule is Cc1cc(NC(=O)c2cc(-c3ccc[nH]3)n[nH]2)ccc1Cl. The quantitative estimate of drug-likeness (QED) is 0.691. The molecule has 3 aromatic rings. The second kappa shape index (κ2) is 5.46. The van der Waals surface area contributed by atoms with Gasteiger partial charge in [0.15, 0.2) is 0 Å². The predicted octanol–water partition coefficient (Wildman–Crippen LogP) is 3.62. The molecule has 2 aromatic heterocycles. The smallest absolute Gasteiger partial charge is 0.273 e.